The van der Waals surface area contributed by atoms with Gasteiger partial charge in [-0.1, -0.05) is 35.4 Å². The summed E-state index contributed by atoms with van der Waals surface area (Å²) in [6.45, 7) is 4.11. The van der Waals surface area contributed by atoms with Crippen LogP contribution in [0.2, 0.25) is 5.02 Å². The van der Waals surface area contributed by atoms with Gasteiger partial charge in [0.2, 0.25) is 0 Å². The van der Waals surface area contributed by atoms with Crippen molar-refractivity contribution < 1.29 is 0 Å². The van der Waals surface area contributed by atoms with E-state index < -0.39 is 0 Å². The Morgan fingerprint density at radius 3 is 2.71 bits per heavy atom. The number of thiophene rings is 1. The molecule has 2 heterocycles. The number of benzene rings is 1. The summed E-state index contributed by atoms with van der Waals surface area (Å²) in [6, 6.07) is 16.6. The van der Waals surface area contributed by atoms with Gasteiger partial charge in [0.1, 0.15) is 0 Å². The Morgan fingerprint density at radius 2 is 1.90 bits per heavy atom. The number of halogens is 1. The van der Waals surface area contributed by atoms with Gasteiger partial charge in [0.05, 0.1) is 10.6 Å². The molecule has 0 saturated carbocycles. The van der Waals surface area contributed by atoms with Gasteiger partial charge in [0, 0.05) is 22.0 Å². The van der Waals surface area contributed by atoms with Crippen molar-refractivity contribution in [3.8, 4) is 10.6 Å². The summed E-state index contributed by atoms with van der Waals surface area (Å²) in [7, 11) is 0. The SMILES string of the molecule is Cc1ccc(Cl)c(Cc2ccc(-c3cccc(C)n3)s2)c1. The molecule has 3 heteroatoms. The van der Waals surface area contributed by atoms with Crippen molar-refractivity contribution in [3.05, 3.63) is 75.3 Å². The Morgan fingerprint density at radius 1 is 1.05 bits per heavy atom. The third kappa shape index (κ3) is 3.34. The van der Waals surface area contributed by atoms with E-state index in [1.54, 1.807) is 11.3 Å². The van der Waals surface area contributed by atoms with Gasteiger partial charge >= 0.3 is 0 Å². The maximum atomic E-state index is 6.28. The highest BCUT2D eigenvalue weighted by Crippen LogP contribution is 2.30. The van der Waals surface area contributed by atoms with Gasteiger partial charge in [-0.05, 0) is 49.7 Å². The molecule has 1 nitrogen and oxygen atoms in total. The smallest absolute Gasteiger partial charge is 0.0804 e. The number of aryl methyl sites for hydroxylation is 2. The van der Waals surface area contributed by atoms with Gasteiger partial charge in [-0.2, -0.15) is 0 Å². The fourth-order valence-electron chi connectivity index (χ4n) is 2.32. The number of rotatable bonds is 3. The molecule has 0 spiro atoms. The zero-order valence-electron chi connectivity index (χ0n) is 12.1. The van der Waals surface area contributed by atoms with Crippen molar-refractivity contribution in [1.29, 1.82) is 0 Å². The maximum Gasteiger partial charge on any atom is 0.0804 e. The molecule has 3 rings (SSSR count). The normalized spacial score (nSPS) is 10.8. The van der Waals surface area contributed by atoms with Gasteiger partial charge in [0.25, 0.3) is 0 Å². The number of hydrogen-bond donors (Lipinski definition) is 0. The van der Waals surface area contributed by atoms with Crippen molar-refractivity contribution in [2.75, 3.05) is 0 Å². The minimum atomic E-state index is 0.837. The maximum absolute atomic E-state index is 6.28. The highest BCUT2D eigenvalue weighted by atomic mass is 35.5. The molecule has 0 aliphatic rings. The lowest BCUT2D eigenvalue weighted by atomic mass is 10.1. The molecule has 0 atom stereocenters. The van der Waals surface area contributed by atoms with E-state index in [-0.39, 0.29) is 0 Å². The van der Waals surface area contributed by atoms with Crippen LogP contribution in [0.3, 0.4) is 0 Å². The molecular formula is C18H16ClNS. The number of pyridine rings is 1. The van der Waals surface area contributed by atoms with E-state index in [4.69, 9.17) is 11.6 Å². The summed E-state index contributed by atoms with van der Waals surface area (Å²) in [5, 5.41) is 0.837. The predicted molar refractivity (Wildman–Crippen MR) is 91.3 cm³/mol. The summed E-state index contributed by atoms with van der Waals surface area (Å²) >= 11 is 8.07. The van der Waals surface area contributed by atoms with Crippen molar-refractivity contribution >= 4 is 22.9 Å². The average molecular weight is 314 g/mol. The summed E-state index contributed by atoms with van der Waals surface area (Å²) in [5.74, 6) is 0. The molecule has 3 aromatic rings. The second-order valence-corrected chi connectivity index (χ2v) is 6.78. The minimum absolute atomic E-state index is 0.837. The molecule has 0 radical (unpaired) electrons. The average Bonchev–Trinajstić information content (AvgIpc) is 2.91. The van der Waals surface area contributed by atoms with Gasteiger partial charge < -0.3 is 0 Å². The summed E-state index contributed by atoms with van der Waals surface area (Å²) in [5.41, 5.74) is 4.51. The Kier molecular flexibility index (Phi) is 4.09. The first-order valence-electron chi connectivity index (χ1n) is 6.89. The molecular weight excluding hydrogens is 298 g/mol. The van der Waals surface area contributed by atoms with Crippen molar-refractivity contribution in [3.63, 3.8) is 0 Å². The van der Waals surface area contributed by atoms with Gasteiger partial charge in [-0.15, -0.1) is 11.3 Å². The molecule has 0 fully saturated rings. The van der Waals surface area contributed by atoms with E-state index in [0.29, 0.717) is 0 Å². The first kappa shape index (κ1) is 14.3. The Balaban J connectivity index is 1.87. The van der Waals surface area contributed by atoms with Crippen LogP contribution in [0.5, 0.6) is 0 Å². The van der Waals surface area contributed by atoms with Crippen LogP contribution in [-0.2, 0) is 6.42 Å². The van der Waals surface area contributed by atoms with Crippen LogP contribution in [0.4, 0.5) is 0 Å². The third-order valence-corrected chi connectivity index (χ3v) is 4.84. The fourth-order valence-corrected chi connectivity index (χ4v) is 3.50. The van der Waals surface area contributed by atoms with E-state index in [1.165, 1.54) is 20.9 Å². The third-order valence-electron chi connectivity index (χ3n) is 3.37. The molecule has 0 amide bonds. The van der Waals surface area contributed by atoms with Crippen molar-refractivity contribution in [2.24, 2.45) is 0 Å². The number of hydrogen-bond acceptors (Lipinski definition) is 2. The molecule has 0 unspecified atom stereocenters. The minimum Gasteiger partial charge on any atom is -0.252 e. The lowest BCUT2D eigenvalue weighted by molar-refractivity contribution is 1.21. The highest BCUT2D eigenvalue weighted by Gasteiger charge is 2.07. The van der Waals surface area contributed by atoms with Crippen LogP contribution in [0.25, 0.3) is 10.6 Å². The topological polar surface area (TPSA) is 12.9 Å². The zero-order valence-corrected chi connectivity index (χ0v) is 13.6. The standard InChI is InChI=1S/C18H16ClNS/c1-12-6-8-16(19)14(10-12)11-15-7-9-18(21-15)17-5-3-4-13(2)20-17/h3-10H,11H2,1-2H3. The second kappa shape index (κ2) is 6.00. The van der Waals surface area contributed by atoms with Gasteiger partial charge in [-0.3, -0.25) is 4.98 Å². The van der Waals surface area contributed by atoms with Crippen LogP contribution in [0.15, 0.2) is 48.5 Å². The predicted octanol–water partition coefficient (Wildman–Crippen LogP) is 5.67. The Bertz CT molecular complexity index is 776. The summed E-state index contributed by atoms with van der Waals surface area (Å²) in [6.07, 6.45) is 0.872. The van der Waals surface area contributed by atoms with Crippen LogP contribution in [0.1, 0.15) is 21.7 Å². The number of nitrogens with zero attached hydrogens (tertiary/aromatic N) is 1. The largest absolute Gasteiger partial charge is 0.252 e. The molecule has 1 aromatic carbocycles. The quantitative estimate of drug-likeness (QED) is 0.607. The summed E-state index contributed by atoms with van der Waals surface area (Å²) in [4.78, 5) is 7.09. The van der Waals surface area contributed by atoms with Crippen molar-refractivity contribution in [1.82, 2.24) is 4.98 Å². The van der Waals surface area contributed by atoms with Crippen molar-refractivity contribution in [2.45, 2.75) is 20.3 Å². The molecule has 0 aliphatic heterocycles. The second-order valence-electron chi connectivity index (χ2n) is 5.20. The Labute approximate surface area is 134 Å². The molecule has 2 aromatic heterocycles. The number of aromatic nitrogens is 1. The zero-order chi connectivity index (χ0) is 14.8. The lowest BCUT2D eigenvalue weighted by Crippen LogP contribution is -1.87. The molecule has 0 saturated heterocycles. The highest BCUT2D eigenvalue weighted by molar-refractivity contribution is 7.15. The van der Waals surface area contributed by atoms with E-state index >= 15 is 0 Å². The van der Waals surface area contributed by atoms with Crippen LogP contribution in [-0.4, -0.2) is 4.98 Å². The van der Waals surface area contributed by atoms with Gasteiger partial charge in [-0.25, -0.2) is 0 Å². The molecule has 0 bridgehead atoms. The first-order chi connectivity index (χ1) is 10.1. The summed E-state index contributed by atoms with van der Waals surface area (Å²) < 4.78 is 0. The van der Waals surface area contributed by atoms with E-state index in [2.05, 4.69) is 42.2 Å². The van der Waals surface area contributed by atoms with E-state index in [0.717, 1.165) is 22.8 Å². The monoisotopic (exact) mass is 313 g/mol. The van der Waals surface area contributed by atoms with Gasteiger partial charge in [0.15, 0.2) is 0 Å². The molecule has 21 heavy (non-hydrogen) atoms. The van der Waals surface area contributed by atoms with E-state index in [9.17, 15) is 0 Å². The lowest BCUT2D eigenvalue weighted by Gasteiger charge is -2.04. The molecule has 0 N–H and O–H groups in total. The van der Waals surface area contributed by atoms with E-state index in [1.807, 2.05) is 25.1 Å². The first-order valence-corrected chi connectivity index (χ1v) is 8.09. The van der Waals surface area contributed by atoms with Crippen LogP contribution < -0.4 is 0 Å². The van der Waals surface area contributed by atoms with Crippen LogP contribution >= 0.6 is 22.9 Å². The molecule has 0 aliphatic carbocycles. The molecule has 106 valence electrons. The fraction of sp³-hybridized carbons (Fsp3) is 0.167. The van der Waals surface area contributed by atoms with Crippen LogP contribution in [0, 0.1) is 13.8 Å². The Hall–Kier alpha value is -1.64.